The van der Waals surface area contributed by atoms with Crippen LogP contribution in [0.2, 0.25) is 0 Å². The number of carboxylic acid groups (broad SMARTS) is 1. The van der Waals surface area contributed by atoms with Crippen molar-refractivity contribution < 1.29 is 19.5 Å². The van der Waals surface area contributed by atoms with Crippen LogP contribution in [0.5, 0.6) is 0 Å². The van der Waals surface area contributed by atoms with Gasteiger partial charge in [-0.3, -0.25) is 19.6 Å². The fraction of sp³-hybridized carbons (Fsp3) is 0.200. The van der Waals surface area contributed by atoms with Gasteiger partial charge in [-0.1, -0.05) is 12.1 Å². The minimum atomic E-state index is -1.08. The zero-order chi connectivity index (χ0) is 16.6. The minimum absolute atomic E-state index is 0.0233. The molecule has 1 aromatic heterocycles. The third kappa shape index (κ3) is 2.91. The molecule has 0 aliphatic carbocycles. The molecule has 23 heavy (non-hydrogen) atoms. The maximum absolute atomic E-state index is 11.4. The summed E-state index contributed by atoms with van der Waals surface area (Å²) in [6.07, 6.45) is 0. The Labute approximate surface area is 131 Å². The largest absolute Gasteiger partial charge is 0.476 e. The lowest BCUT2D eigenvalue weighted by atomic mass is 10.1. The van der Waals surface area contributed by atoms with Gasteiger partial charge in [0.2, 0.25) is 11.8 Å². The number of rotatable bonds is 3. The zero-order valence-electron chi connectivity index (χ0n) is 12.3. The van der Waals surface area contributed by atoms with Crippen molar-refractivity contribution in [1.29, 1.82) is 0 Å². The molecular formula is C15H14N4O4. The molecule has 0 saturated carbocycles. The highest BCUT2D eigenvalue weighted by molar-refractivity contribution is 6.02. The second kappa shape index (κ2) is 5.56. The van der Waals surface area contributed by atoms with Crippen LogP contribution in [0, 0.1) is 0 Å². The van der Waals surface area contributed by atoms with Gasteiger partial charge < -0.3 is 10.0 Å². The summed E-state index contributed by atoms with van der Waals surface area (Å²) in [5.74, 6) is -1.74. The standard InChI is InChI=1S/C15H14N4O4/c1-18-12(6-11(17-18)15(22)23)9-2-4-10(5-3-9)19-7-13(20)16-14(21)8-19/h2-6H,7-8H2,1H3,(H,22,23)(H,16,20,21). The van der Waals surface area contributed by atoms with Gasteiger partial charge in [-0.05, 0) is 23.8 Å². The average Bonchev–Trinajstić information content (AvgIpc) is 2.89. The topological polar surface area (TPSA) is 105 Å². The van der Waals surface area contributed by atoms with Gasteiger partial charge in [0.05, 0.1) is 18.8 Å². The van der Waals surface area contributed by atoms with Crippen molar-refractivity contribution in [2.75, 3.05) is 18.0 Å². The zero-order valence-corrected chi connectivity index (χ0v) is 12.3. The van der Waals surface area contributed by atoms with E-state index in [0.717, 1.165) is 11.3 Å². The SMILES string of the molecule is Cn1nc(C(=O)O)cc1-c1ccc(N2CC(=O)NC(=O)C2)cc1. The van der Waals surface area contributed by atoms with E-state index < -0.39 is 5.97 Å². The summed E-state index contributed by atoms with van der Waals surface area (Å²) in [6, 6.07) is 8.67. The summed E-state index contributed by atoms with van der Waals surface area (Å²) >= 11 is 0. The number of benzene rings is 1. The quantitative estimate of drug-likeness (QED) is 0.787. The van der Waals surface area contributed by atoms with Crippen molar-refractivity contribution in [3.63, 3.8) is 0 Å². The summed E-state index contributed by atoms with van der Waals surface area (Å²) in [6.45, 7) is 0.250. The molecule has 8 nitrogen and oxygen atoms in total. The Morgan fingerprint density at radius 3 is 2.30 bits per heavy atom. The van der Waals surface area contributed by atoms with E-state index in [1.807, 2.05) is 0 Å². The number of imide groups is 1. The van der Waals surface area contributed by atoms with Gasteiger partial charge in [0.15, 0.2) is 5.69 Å². The lowest BCUT2D eigenvalue weighted by Crippen LogP contribution is -2.51. The molecule has 2 N–H and O–H groups in total. The van der Waals surface area contributed by atoms with Crippen molar-refractivity contribution in [2.24, 2.45) is 7.05 Å². The number of carbonyl (C=O) groups excluding carboxylic acids is 2. The third-order valence-corrected chi connectivity index (χ3v) is 3.57. The van der Waals surface area contributed by atoms with Gasteiger partial charge in [0.1, 0.15) is 0 Å². The number of hydrogen-bond acceptors (Lipinski definition) is 5. The molecule has 1 saturated heterocycles. The average molecular weight is 314 g/mol. The van der Waals surface area contributed by atoms with Crippen molar-refractivity contribution in [3.8, 4) is 11.3 Å². The number of piperazine rings is 1. The number of aromatic carboxylic acids is 1. The van der Waals surface area contributed by atoms with Gasteiger partial charge in [-0.15, -0.1) is 0 Å². The molecule has 1 aromatic carbocycles. The third-order valence-electron chi connectivity index (χ3n) is 3.57. The summed E-state index contributed by atoms with van der Waals surface area (Å²) in [4.78, 5) is 35.5. The Morgan fingerprint density at radius 1 is 1.17 bits per heavy atom. The maximum atomic E-state index is 11.4. The Bertz CT molecular complexity index is 778. The van der Waals surface area contributed by atoms with E-state index in [-0.39, 0.29) is 30.6 Å². The van der Waals surface area contributed by atoms with E-state index >= 15 is 0 Å². The van der Waals surface area contributed by atoms with Crippen molar-refractivity contribution in [3.05, 3.63) is 36.0 Å². The Hall–Kier alpha value is -3.16. The number of amides is 2. The molecule has 2 aromatic rings. The number of carbonyl (C=O) groups is 3. The summed E-state index contributed by atoms with van der Waals surface area (Å²) in [5, 5.41) is 15.2. The molecule has 0 radical (unpaired) electrons. The van der Waals surface area contributed by atoms with Crippen molar-refractivity contribution in [2.45, 2.75) is 0 Å². The highest BCUT2D eigenvalue weighted by atomic mass is 16.4. The summed E-state index contributed by atoms with van der Waals surface area (Å²) in [5.41, 5.74) is 2.19. The van der Waals surface area contributed by atoms with Crippen LogP contribution in [0.1, 0.15) is 10.5 Å². The van der Waals surface area contributed by atoms with Gasteiger partial charge in [0, 0.05) is 12.7 Å². The summed E-state index contributed by atoms with van der Waals surface area (Å²) < 4.78 is 1.50. The van der Waals surface area contributed by atoms with Crippen LogP contribution in [0.4, 0.5) is 5.69 Å². The van der Waals surface area contributed by atoms with Crippen LogP contribution in [0.15, 0.2) is 30.3 Å². The van der Waals surface area contributed by atoms with E-state index in [1.165, 1.54) is 10.7 Å². The predicted molar refractivity (Wildman–Crippen MR) is 81.0 cm³/mol. The second-order valence-electron chi connectivity index (χ2n) is 5.22. The number of anilines is 1. The highest BCUT2D eigenvalue weighted by Gasteiger charge is 2.22. The molecule has 1 fully saturated rings. The fourth-order valence-corrected chi connectivity index (χ4v) is 2.50. The lowest BCUT2D eigenvalue weighted by Gasteiger charge is -2.27. The van der Waals surface area contributed by atoms with Crippen molar-refractivity contribution in [1.82, 2.24) is 15.1 Å². The first-order chi connectivity index (χ1) is 10.9. The maximum Gasteiger partial charge on any atom is 0.356 e. The Morgan fingerprint density at radius 2 is 1.78 bits per heavy atom. The molecule has 8 heteroatoms. The molecule has 0 atom stereocenters. The normalized spacial score (nSPS) is 14.7. The van der Waals surface area contributed by atoms with Crippen LogP contribution in [0.25, 0.3) is 11.3 Å². The first kappa shape index (κ1) is 14.8. The molecule has 1 aliphatic heterocycles. The van der Waals surface area contributed by atoms with Crippen LogP contribution >= 0.6 is 0 Å². The molecule has 0 unspecified atom stereocenters. The molecule has 0 spiro atoms. The lowest BCUT2D eigenvalue weighted by molar-refractivity contribution is -0.130. The molecule has 2 amide bonds. The molecule has 1 aliphatic rings. The van der Waals surface area contributed by atoms with E-state index in [4.69, 9.17) is 5.11 Å². The van der Waals surface area contributed by atoms with Crippen LogP contribution < -0.4 is 10.2 Å². The van der Waals surface area contributed by atoms with E-state index in [0.29, 0.717) is 5.69 Å². The van der Waals surface area contributed by atoms with Gasteiger partial charge in [-0.25, -0.2) is 4.79 Å². The minimum Gasteiger partial charge on any atom is -0.476 e. The number of nitrogens with zero attached hydrogens (tertiary/aromatic N) is 3. The number of aryl methyl sites for hydroxylation is 1. The van der Waals surface area contributed by atoms with Crippen LogP contribution in [0.3, 0.4) is 0 Å². The summed E-state index contributed by atoms with van der Waals surface area (Å²) in [7, 11) is 1.67. The predicted octanol–water partition coefficient (Wildman–Crippen LogP) is 0.248. The Kier molecular flexibility index (Phi) is 3.57. The number of aromatic nitrogens is 2. The highest BCUT2D eigenvalue weighted by Crippen LogP contribution is 2.24. The number of hydrogen-bond donors (Lipinski definition) is 2. The molecule has 0 bridgehead atoms. The number of carboxylic acids is 1. The smallest absolute Gasteiger partial charge is 0.356 e. The first-order valence-electron chi connectivity index (χ1n) is 6.89. The second-order valence-corrected chi connectivity index (χ2v) is 5.22. The number of nitrogens with one attached hydrogen (secondary N) is 1. The monoisotopic (exact) mass is 314 g/mol. The van der Waals surface area contributed by atoms with Gasteiger partial charge >= 0.3 is 5.97 Å². The molecule has 118 valence electrons. The van der Waals surface area contributed by atoms with E-state index in [2.05, 4.69) is 10.4 Å². The molecule has 2 heterocycles. The van der Waals surface area contributed by atoms with Gasteiger partial charge in [-0.2, -0.15) is 5.10 Å². The van der Waals surface area contributed by atoms with E-state index in [9.17, 15) is 14.4 Å². The Balaban J connectivity index is 1.86. The fourth-order valence-electron chi connectivity index (χ4n) is 2.50. The molecular weight excluding hydrogens is 300 g/mol. The van der Waals surface area contributed by atoms with Crippen molar-refractivity contribution >= 4 is 23.5 Å². The first-order valence-corrected chi connectivity index (χ1v) is 6.89. The van der Waals surface area contributed by atoms with Gasteiger partial charge in [0.25, 0.3) is 0 Å². The molecule has 3 rings (SSSR count). The van der Waals surface area contributed by atoms with Crippen LogP contribution in [-0.4, -0.2) is 45.8 Å². The van der Waals surface area contributed by atoms with Crippen LogP contribution in [-0.2, 0) is 16.6 Å². The van der Waals surface area contributed by atoms with E-state index in [1.54, 1.807) is 36.2 Å².